The van der Waals surface area contributed by atoms with Gasteiger partial charge in [-0.2, -0.15) is 0 Å². The number of hydrogen-bond acceptors (Lipinski definition) is 2. The molecule has 0 amide bonds. The highest BCUT2D eigenvalue weighted by molar-refractivity contribution is 5.95. The Kier molecular flexibility index (Phi) is 6.58. The Bertz CT molecular complexity index is 1160. The molecule has 0 aliphatic heterocycles. The first-order valence-electron chi connectivity index (χ1n) is 10.0. The molecule has 0 spiro atoms. The molecule has 3 rings (SSSR count). The van der Waals surface area contributed by atoms with Gasteiger partial charge in [-0.1, -0.05) is 62.2 Å². The normalized spacial score (nSPS) is 10.7. The van der Waals surface area contributed by atoms with Gasteiger partial charge in [0.1, 0.15) is 0 Å². The third-order valence-corrected chi connectivity index (χ3v) is 4.90. The smallest absolute Gasteiger partial charge is 0.336 e. The predicted molar refractivity (Wildman–Crippen MR) is 119 cm³/mol. The zero-order valence-electron chi connectivity index (χ0n) is 17.6. The first-order chi connectivity index (χ1) is 14.4. The van der Waals surface area contributed by atoms with E-state index in [2.05, 4.69) is 25.7 Å². The van der Waals surface area contributed by atoms with Gasteiger partial charge in [-0.3, -0.25) is 9.13 Å². The summed E-state index contributed by atoms with van der Waals surface area (Å²) < 4.78 is 3.53. The monoisotopic (exact) mass is 402 g/mol. The molecule has 0 saturated carbocycles. The molecule has 5 heteroatoms. The van der Waals surface area contributed by atoms with Crippen LogP contribution in [0.25, 0.3) is 11.1 Å². The second-order valence-electron chi connectivity index (χ2n) is 7.69. The standard InChI is InChI=1S/C25H26N2O3/c1-4-5-8-21-17-26(15-18(2)3)25(30)27(21)16-19-11-13-20(14-12-19)22-9-6-7-10-23(22)24(28)29/h6-7,9-14,17-18H,8,15-16H2,1-3H3,(H,28,29). The molecule has 0 fully saturated rings. The van der Waals surface area contributed by atoms with E-state index in [1.54, 1.807) is 34.3 Å². The average molecular weight is 402 g/mol. The summed E-state index contributed by atoms with van der Waals surface area (Å²) in [5.74, 6) is 5.37. The molecule has 0 aliphatic rings. The molecule has 1 heterocycles. The second-order valence-corrected chi connectivity index (χ2v) is 7.69. The molecule has 0 bridgehead atoms. The summed E-state index contributed by atoms with van der Waals surface area (Å²) in [6.45, 7) is 7.09. The SMILES string of the molecule is CC#CCc1cn(CC(C)C)c(=O)n1Cc1ccc(-c2ccccc2C(=O)O)cc1. The van der Waals surface area contributed by atoms with Crippen molar-refractivity contribution in [1.82, 2.24) is 9.13 Å². The molecular weight excluding hydrogens is 376 g/mol. The quantitative estimate of drug-likeness (QED) is 0.600. The van der Waals surface area contributed by atoms with Gasteiger partial charge in [-0.15, -0.1) is 5.92 Å². The van der Waals surface area contributed by atoms with Crippen LogP contribution in [0, 0.1) is 17.8 Å². The highest BCUT2D eigenvalue weighted by Gasteiger charge is 2.13. The van der Waals surface area contributed by atoms with Gasteiger partial charge in [-0.05, 0) is 35.6 Å². The topological polar surface area (TPSA) is 64.2 Å². The number of rotatable bonds is 7. The number of carboxylic acids is 1. The maximum Gasteiger partial charge on any atom is 0.336 e. The van der Waals surface area contributed by atoms with Crippen molar-refractivity contribution < 1.29 is 9.90 Å². The molecular formula is C25H26N2O3. The second kappa shape index (κ2) is 9.32. The molecule has 5 nitrogen and oxygen atoms in total. The molecule has 3 aromatic rings. The van der Waals surface area contributed by atoms with Gasteiger partial charge in [0.05, 0.1) is 24.2 Å². The van der Waals surface area contributed by atoms with Crippen LogP contribution in [0.2, 0.25) is 0 Å². The Labute approximate surface area is 176 Å². The van der Waals surface area contributed by atoms with Crippen LogP contribution < -0.4 is 5.69 Å². The summed E-state index contributed by atoms with van der Waals surface area (Å²) in [5.41, 5.74) is 3.62. The fourth-order valence-electron chi connectivity index (χ4n) is 3.49. The number of aromatic nitrogens is 2. The van der Waals surface area contributed by atoms with Crippen LogP contribution in [0.5, 0.6) is 0 Å². The first-order valence-corrected chi connectivity index (χ1v) is 10.0. The maximum atomic E-state index is 12.9. The lowest BCUT2D eigenvalue weighted by Crippen LogP contribution is -2.26. The van der Waals surface area contributed by atoms with Crippen molar-refractivity contribution in [3.8, 4) is 23.0 Å². The van der Waals surface area contributed by atoms with E-state index in [1.165, 1.54) is 0 Å². The van der Waals surface area contributed by atoms with Gasteiger partial charge < -0.3 is 5.11 Å². The van der Waals surface area contributed by atoms with Crippen LogP contribution in [-0.2, 0) is 19.5 Å². The fourth-order valence-corrected chi connectivity index (χ4v) is 3.49. The largest absolute Gasteiger partial charge is 0.478 e. The minimum atomic E-state index is -0.950. The number of carboxylic acid groups (broad SMARTS) is 1. The molecule has 154 valence electrons. The Morgan fingerprint density at radius 2 is 1.80 bits per heavy atom. The number of nitrogens with zero attached hydrogens (tertiary/aromatic N) is 2. The van der Waals surface area contributed by atoms with Crippen molar-refractivity contribution in [3.05, 3.63) is 82.0 Å². The van der Waals surface area contributed by atoms with Crippen LogP contribution in [0.1, 0.15) is 42.4 Å². The lowest BCUT2D eigenvalue weighted by Gasteiger charge is -2.09. The van der Waals surface area contributed by atoms with Crippen molar-refractivity contribution in [2.45, 2.75) is 40.3 Å². The predicted octanol–water partition coefficient (Wildman–Crippen LogP) is 4.29. The van der Waals surface area contributed by atoms with Crippen LogP contribution >= 0.6 is 0 Å². The van der Waals surface area contributed by atoms with Crippen molar-refractivity contribution in [2.75, 3.05) is 0 Å². The zero-order chi connectivity index (χ0) is 21.7. The van der Waals surface area contributed by atoms with E-state index in [0.29, 0.717) is 31.0 Å². The van der Waals surface area contributed by atoms with Crippen molar-refractivity contribution >= 4 is 5.97 Å². The highest BCUT2D eigenvalue weighted by atomic mass is 16.4. The summed E-state index contributed by atoms with van der Waals surface area (Å²) in [7, 11) is 0. The molecule has 0 atom stereocenters. The molecule has 0 aliphatic carbocycles. The number of aromatic carboxylic acids is 1. The number of benzene rings is 2. The van der Waals surface area contributed by atoms with Gasteiger partial charge in [0.2, 0.25) is 0 Å². The summed E-state index contributed by atoms with van der Waals surface area (Å²) in [6, 6.07) is 14.6. The van der Waals surface area contributed by atoms with Crippen molar-refractivity contribution in [2.24, 2.45) is 5.92 Å². The van der Waals surface area contributed by atoms with Crippen LogP contribution in [0.15, 0.2) is 59.5 Å². The van der Waals surface area contributed by atoms with Gasteiger partial charge in [0.15, 0.2) is 0 Å². The van der Waals surface area contributed by atoms with E-state index in [0.717, 1.165) is 16.8 Å². The van der Waals surface area contributed by atoms with E-state index >= 15 is 0 Å². The average Bonchev–Trinajstić information content (AvgIpc) is 3.01. The van der Waals surface area contributed by atoms with Crippen LogP contribution in [0.4, 0.5) is 0 Å². The van der Waals surface area contributed by atoms with E-state index in [4.69, 9.17) is 0 Å². The Balaban J connectivity index is 1.92. The van der Waals surface area contributed by atoms with E-state index in [-0.39, 0.29) is 11.3 Å². The van der Waals surface area contributed by atoms with E-state index in [9.17, 15) is 14.7 Å². The molecule has 0 saturated heterocycles. The fraction of sp³-hybridized carbons (Fsp3) is 0.280. The lowest BCUT2D eigenvalue weighted by atomic mass is 9.99. The van der Waals surface area contributed by atoms with Crippen molar-refractivity contribution in [3.63, 3.8) is 0 Å². The molecule has 30 heavy (non-hydrogen) atoms. The minimum Gasteiger partial charge on any atom is -0.478 e. The molecule has 0 unspecified atom stereocenters. The van der Waals surface area contributed by atoms with E-state index < -0.39 is 5.97 Å². The van der Waals surface area contributed by atoms with Gasteiger partial charge >= 0.3 is 11.7 Å². The summed E-state index contributed by atoms with van der Waals surface area (Å²) in [4.78, 5) is 24.4. The first kappa shape index (κ1) is 21.2. The summed E-state index contributed by atoms with van der Waals surface area (Å²) in [6.07, 6.45) is 2.44. The third-order valence-electron chi connectivity index (χ3n) is 4.90. The van der Waals surface area contributed by atoms with Crippen LogP contribution in [-0.4, -0.2) is 20.2 Å². The van der Waals surface area contributed by atoms with Crippen molar-refractivity contribution in [1.29, 1.82) is 0 Å². The Morgan fingerprint density at radius 1 is 1.10 bits per heavy atom. The molecule has 1 N–H and O–H groups in total. The van der Waals surface area contributed by atoms with Gasteiger partial charge in [-0.25, -0.2) is 9.59 Å². The van der Waals surface area contributed by atoms with Gasteiger partial charge in [0, 0.05) is 12.7 Å². The Morgan fingerprint density at radius 3 is 2.43 bits per heavy atom. The van der Waals surface area contributed by atoms with Gasteiger partial charge in [0.25, 0.3) is 0 Å². The molecule has 1 aromatic heterocycles. The maximum absolute atomic E-state index is 12.9. The minimum absolute atomic E-state index is 0.0306. The summed E-state index contributed by atoms with van der Waals surface area (Å²) in [5, 5.41) is 9.42. The highest BCUT2D eigenvalue weighted by Crippen LogP contribution is 2.24. The van der Waals surface area contributed by atoms with Crippen LogP contribution in [0.3, 0.4) is 0 Å². The number of carbonyl (C=O) groups is 1. The molecule has 0 radical (unpaired) electrons. The molecule has 2 aromatic carbocycles. The third kappa shape index (κ3) is 4.72. The Hall–Kier alpha value is -3.52. The zero-order valence-corrected chi connectivity index (χ0v) is 17.6. The van der Waals surface area contributed by atoms with E-state index in [1.807, 2.05) is 36.5 Å². The lowest BCUT2D eigenvalue weighted by molar-refractivity contribution is 0.0697. The number of imidazole rings is 1. The number of hydrogen-bond donors (Lipinski definition) is 1. The summed E-state index contributed by atoms with van der Waals surface area (Å²) >= 11 is 0.